The van der Waals surface area contributed by atoms with E-state index in [1.165, 1.54) is 11.3 Å². The van der Waals surface area contributed by atoms with Gasteiger partial charge in [-0.2, -0.15) is 0 Å². The van der Waals surface area contributed by atoms with Gasteiger partial charge in [0.15, 0.2) is 12.3 Å². The van der Waals surface area contributed by atoms with Crippen LogP contribution in [0, 0.1) is 12.0 Å². The van der Waals surface area contributed by atoms with E-state index in [1.807, 2.05) is 6.07 Å². The van der Waals surface area contributed by atoms with Crippen molar-refractivity contribution in [2.24, 2.45) is 0 Å². The van der Waals surface area contributed by atoms with Gasteiger partial charge in [-0.3, -0.25) is 4.90 Å². The number of fused-ring (bicyclic) bond motifs is 2. The van der Waals surface area contributed by atoms with Gasteiger partial charge in [0.05, 0.1) is 5.69 Å². The number of allylic oxidation sites excluding steroid dienone is 4. The van der Waals surface area contributed by atoms with Gasteiger partial charge >= 0.3 is 0 Å². The molecule has 2 aliphatic heterocycles. The third-order valence-electron chi connectivity index (χ3n) is 6.44. The monoisotopic (exact) mass is 435 g/mol. The molecule has 0 bridgehead atoms. The van der Waals surface area contributed by atoms with Crippen molar-refractivity contribution in [3.8, 4) is 12.0 Å². The Bertz CT molecular complexity index is 1020. The summed E-state index contributed by atoms with van der Waals surface area (Å²) in [5.74, 6) is 3.38. The van der Waals surface area contributed by atoms with Crippen LogP contribution >= 0.6 is 11.6 Å². The van der Waals surface area contributed by atoms with E-state index in [2.05, 4.69) is 97.9 Å². The molecule has 3 atom stereocenters. The van der Waals surface area contributed by atoms with Gasteiger partial charge in [0.1, 0.15) is 12.7 Å². The molecule has 4 rings (SSSR count). The number of halogens is 1. The summed E-state index contributed by atoms with van der Waals surface area (Å²) < 4.78 is 8.44. The first kappa shape index (κ1) is 21.9. The molecule has 162 valence electrons. The van der Waals surface area contributed by atoms with Crippen molar-refractivity contribution in [2.75, 3.05) is 11.5 Å². The molecule has 0 saturated carbocycles. The summed E-state index contributed by atoms with van der Waals surface area (Å²) in [6.07, 6.45) is 16.3. The van der Waals surface area contributed by atoms with Gasteiger partial charge in [0.2, 0.25) is 6.04 Å². The first-order chi connectivity index (χ1) is 14.9. The average molecular weight is 436 g/mol. The molecule has 3 nitrogen and oxygen atoms in total. The quantitative estimate of drug-likeness (QED) is 0.337. The van der Waals surface area contributed by atoms with Crippen LogP contribution < -0.4 is 4.90 Å². The predicted molar refractivity (Wildman–Crippen MR) is 130 cm³/mol. The third-order valence-corrected chi connectivity index (χ3v) is 6.68. The maximum absolute atomic E-state index is 6.37. The maximum Gasteiger partial charge on any atom is 0.201 e. The smallest absolute Gasteiger partial charge is 0.201 e. The molecule has 0 radical (unpaired) electrons. The Labute approximate surface area is 191 Å². The lowest BCUT2D eigenvalue weighted by atomic mass is 9.84. The van der Waals surface area contributed by atoms with Crippen molar-refractivity contribution in [2.45, 2.75) is 70.6 Å². The Kier molecular flexibility index (Phi) is 6.42. The lowest BCUT2D eigenvalue weighted by Crippen LogP contribution is -2.49. The van der Waals surface area contributed by atoms with Crippen LogP contribution in [0.25, 0.3) is 0 Å². The fourth-order valence-electron chi connectivity index (χ4n) is 4.59. The first-order valence-electron chi connectivity index (χ1n) is 11.3. The molecule has 0 N–H and O–H groups in total. The molecule has 0 amide bonds. The molecule has 2 heterocycles. The molecular weight excluding hydrogens is 404 g/mol. The van der Waals surface area contributed by atoms with Crippen molar-refractivity contribution in [3.63, 3.8) is 0 Å². The van der Waals surface area contributed by atoms with E-state index in [4.69, 9.17) is 16.3 Å². The number of ether oxygens (including phenoxy) is 1. The van der Waals surface area contributed by atoms with Crippen LogP contribution in [0.5, 0.6) is 0 Å². The Morgan fingerprint density at radius 1 is 1.29 bits per heavy atom. The lowest BCUT2D eigenvalue weighted by molar-refractivity contribution is -0.611. The van der Waals surface area contributed by atoms with E-state index in [-0.39, 0.29) is 17.6 Å². The highest BCUT2D eigenvalue weighted by Gasteiger charge is 2.41. The number of hydrogen-bond acceptors (Lipinski definition) is 2. The minimum Gasteiger partial charge on any atom is -0.360 e. The molecule has 1 aromatic carbocycles. The van der Waals surface area contributed by atoms with Crippen molar-refractivity contribution in [1.82, 2.24) is 0 Å². The second kappa shape index (κ2) is 9.07. The van der Waals surface area contributed by atoms with Crippen LogP contribution in [0.3, 0.4) is 0 Å². The van der Waals surface area contributed by atoms with E-state index in [0.29, 0.717) is 6.04 Å². The zero-order valence-electron chi connectivity index (χ0n) is 18.9. The molecule has 4 heteroatoms. The first-order valence-corrected chi connectivity index (χ1v) is 11.7. The summed E-state index contributed by atoms with van der Waals surface area (Å²) in [5.41, 5.74) is 3.34. The number of benzene rings is 1. The van der Waals surface area contributed by atoms with Gasteiger partial charge in [0, 0.05) is 34.7 Å². The number of rotatable bonds is 3. The summed E-state index contributed by atoms with van der Waals surface area (Å²) in [7, 11) is 0. The van der Waals surface area contributed by atoms with Crippen molar-refractivity contribution >= 4 is 23.5 Å². The summed E-state index contributed by atoms with van der Waals surface area (Å²) in [4.78, 5) is 2.16. The van der Waals surface area contributed by atoms with Gasteiger partial charge in [-0.25, -0.2) is 4.58 Å². The van der Waals surface area contributed by atoms with Crippen LogP contribution in [0.1, 0.15) is 52.5 Å². The van der Waals surface area contributed by atoms with E-state index >= 15 is 0 Å². The van der Waals surface area contributed by atoms with E-state index < -0.39 is 0 Å². The molecule has 1 saturated heterocycles. The SMILES string of the molecule is CCCCC#CN1C(=CC=[N+]2C(C)COC3C=CC=CC32)C(C)(C)c2cc(Cl)ccc21. The number of morpholine rings is 1. The third kappa shape index (κ3) is 4.25. The predicted octanol–water partition coefficient (Wildman–Crippen LogP) is 5.84. The normalized spacial score (nSPS) is 28.4. The second-order valence-electron chi connectivity index (χ2n) is 9.07. The number of anilines is 1. The van der Waals surface area contributed by atoms with Crippen molar-refractivity contribution < 1.29 is 9.31 Å². The highest BCUT2D eigenvalue weighted by Crippen LogP contribution is 2.48. The van der Waals surface area contributed by atoms with Gasteiger partial charge in [-0.1, -0.05) is 56.9 Å². The van der Waals surface area contributed by atoms with Gasteiger partial charge in [-0.15, -0.1) is 0 Å². The molecule has 3 aliphatic rings. The molecule has 31 heavy (non-hydrogen) atoms. The molecule has 1 aliphatic carbocycles. The zero-order valence-corrected chi connectivity index (χ0v) is 19.7. The Morgan fingerprint density at radius 3 is 2.90 bits per heavy atom. The highest BCUT2D eigenvalue weighted by molar-refractivity contribution is 6.30. The standard InChI is InChI=1S/C27H32ClN2O/c1-5-6-7-10-16-30-23-14-13-21(28)18-22(23)27(3,4)26(30)15-17-29-20(2)19-31-25-12-9-8-11-24(25)29/h8-9,11-15,17-18,20,24-25H,5-7,19H2,1-4H3/q+1. The maximum atomic E-state index is 6.37. The van der Waals surface area contributed by atoms with Crippen LogP contribution in [0.4, 0.5) is 5.69 Å². The van der Waals surface area contributed by atoms with Crippen LogP contribution in [-0.2, 0) is 10.2 Å². The van der Waals surface area contributed by atoms with Crippen LogP contribution in [-0.4, -0.2) is 35.6 Å². The second-order valence-corrected chi connectivity index (χ2v) is 9.51. The van der Waals surface area contributed by atoms with Gasteiger partial charge in [-0.05, 0) is 49.3 Å². The fraction of sp³-hybridized carbons (Fsp3) is 0.444. The molecular formula is C27H32ClN2O+. The highest BCUT2D eigenvalue weighted by atomic mass is 35.5. The Morgan fingerprint density at radius 2 is 2.10 bits per heavy atom. The van der Waals surface area contributed by atoms with Crippen LogP contribution in [0.15, 0.2) is 54.3 Å². The minimum atomic E-state index is -0.187. The summed E-state index contributed by atoms with van der Waals surface area (Å²) in [6.45, 7) is 9.64. The number of hydrogen-bond donors (Lipinski definition) is 0. The van der Waals surface area contributed by atoms with Gasteiger partial charge in [0.25, 0.3) is 0 Å². The average Bonchev–Trinajstić information content (AvgIpc) is 2.96. The van der Waals surface area contributed by atoms with Gasteiger partial charge < -0.3 is 4.74 Å². The largest absolute Gasteiger partial charge is 0.360 e. The molecule has 0 spiro atoms. The molecule has 1 fully saturated rings. The number of nitrogens with zero attached hydrogens (tertiary/aromatic N) is 2. The summed E-state index contributed by atoms with van der Waals surface area (Å²) in [5, 5.41) is 0.764. The Hall–Kier alpha value is -2.28. The lowest BCUT2D eigenvalue weighted by Gasteiger charge is -2.31. The van der Waals surface area contributed by atoms with E-state index in [9.17, 15) is 0 Å². The van der Waals surface area contributed by atoms with Crippen LogP contribution in [0.2, 0.25) is 5.02 Å². The molecule has 1 aromatic rings. The minimum absolute atomic E-state index is 0.105. The number of unbranched alkanes of at least 4 members (excludes halogenated alkanes) is 2. The van der Waals surface area contributed by atoms with E-state index in [0.717, 1.165) is 36.6 Å². The van der Waals surface area contributed by atoms with Crippen molar-refractivity contribution in [1.29, 1.82) is 0 Å². The summed E-state index contributed by atoms with van der Waals surface area (Å²) in [6, 6.07) is 10.1. The summed E-state index contributed by atoms with van der Waals surface area (Å²) >= 11 is 6.37. The topological polar surface area (TPSA) is 15.5 Å². The zero-order chi connectivity index (χ0) is 22.0. The van der Waals surface area contributed by atoms with Crippen molar-refractivity contribution in [3.05, 3.63) is 64.9 Å². The Balaban J connectivity index is 1.75. The fourth-order valence-corrected chi connectivity index (χ4v) is 4.76. The molecule has 3 unspecified atom stereocenters. The van der Waals surface area contributed by atoms with E-state index in [1.54, 1.807) is 0 Å². The molecule has 0 aromatic heterocycles.